The van der Waals surface area contributed by atoms with Gasteiger partial charge in [0.05, 0.1) is 5.75 Å². The van der Waals surface area contributed by atoms with Gasteiger partial charge in [-0.25, -0.2) is 8.78 Å². The summed E-state index contributed by atoms with van der Waals surface area (Å²) in [6, 6.07) is 12.1. The Bertz CT molecular complexity index is 903. The summed E-state index contributed by atoms with van der Waals surface area (Å²) < 4.78 is 28.1. The Hall–Kier alpha value is -2.41. The van der Waals surface area contributed by atoms with E-state index >= 15 is 0 Å². The van der Waals surface area contributed by atoms with Crippen LogP contribution in [0.2, 0.25) is 0 Å². The number of hydrogen-bond donors (Lipinski definition) is 1. The summed E-state index contributed by atoms with van der Waals surface area (Å²) in [6.45, 7) is 1.68. The first-order chi connectivity index (χ1) is 15.0. The molecule has 1 aliphatic rings. The molecule has 0 saturated heterocycles. The van der Waals surface area contributed by atoms with E-state index < -0.39 is 11.9 Å². The predicted molar refractivity (Wildman–Crippen MR) is 119 cm³/mol. The highest BCUT2D eigenvalue weighted by Gasteiger charge is 2.28. The lowest BCUT2D eigenvalue weighted by Gasteiger charge is -2.29. The fourth-order valence-electron chi connectivity index (χ4n) is 3.73. The van der Waals surface area contributed by atoms with Crippen molar-refractivity contribution in [3.05, 3.63) is 71.3 Å². The first-order valence-corrected chi connectivity index (χ1v) is 11.8. The lowest BCUT2D eigenvalue weighted by Crippen LogP contribution is -2.50. The van der Waals surface area contributed by atoms with Gasteiger partial charge in [0.2, 0.25) is 11.8 Å². The molecule has 1 aliphatic carbocycles. The average molecular weight is 447 g/mol. The summed E-state index contributed by atoms with van der Waals surface area (Å²) in [7, 11) is 0. The maximum atomic E-state index is 14.2. The number of rotatable bonds is 9. The van der Waals surface area contributed by atoms with E-state index in [1.54, 1.807) is 43.3 Å². The van der Waals surface area contributed by atoms with Crippen LogP contribution in [0.3, 0.4) is 0 Å². The lowest BCUT2D eigenvalue weighted by molar-refractivity contribution is -0.139. The molecule has 2 aromatic rings. The minimum Gasteiger partial charge on any atom is -0.352 e. The van der Waals surface area contributed by atoms with E-state index in [9.17, 15) is 18.4 Å². The molecule has 3 rings (SSSR count). The van der Waals surface area contributed by atoms with Crippen LogP contribution >= 0.6 is 11.8 Å². The zero-order chi connectivity index (χ0) is 22.2. The third-order valence-corrected chi connectivity index (χ3v) is 6.57. The molecule has 1 fully saturated rings. The normalized spacial score (nSPS) is 14.9. The SMILES string of the molecule is C[C@H](C(=O)NC1CCCC1)N(Cc1ccccc1F)C(=O)CSCc1ccccc1F. The highest BCUT2D eigenvalue weighted by molar-refractivity contribution is 7.99. The monoisotopic (exact) mass is 446 g/mol. The van der Waals surface area contributed by atoms with Crippen molar-refractivity contribution in [1.29, 1.82) is 0 Å². The standard InChI is InChI=1S/C24H28F2N2O2S/c1-17(24(30)27-20-10-4-5-11-20)28(14-18-8-2-6-12-21(18)25)23(29)16-31-15-19-9-3-7-13-22(19)26/h2-3,6-9,12-13,17,20H,4-5,10-11,14-16H2,1H3,(H,27,30)/t17-/m1/s1. The van der Waals surface area contributed by atoms with Gasteiger partial charge >= 0.3 is 0 Å². The van der Waals surface area contributed by atoms with Gasteiger partial charge in [0.15, 0.2) is 0 Å². The topological polar surface area (TPSA) is 49.4 Å². The minimum absolute atomic E-state index is 0.00498. The van der Waals surface area contributed by atoms with Gasteiger partial charge in [0, 0.05) is 23.9 Å². The van der Waals surface area contributed by atoms with Crippen molar-refractivity contribution in [2.45, 2.75) is 57.0 Å². The maximum Gasteiger partial charge on any atom is 0.242 e. The van der Waals surface area contributed by atoms with Crippen LogP contribution in [0.5, 0.6) is 0 Å². The highest BCUT2D eigenvalue weighted by Crippen LogP contribution is 2.20. The second kappa shape index (κ2) is 11.3. The Labute approximate surface area is 186 Å². The Kier molecular flexibility index (Phi) is 8.46. The zero-order valence-corrected chi connectivity index (χ0v) is 18.5. The van der Waals surface area contributed by atoms with Gasteiger partial charge in [0.1, 0.15) is 17.7 Å². The second-order valence-corrected chi connectivity index (χ2v) is 8.85. The van der Waals surface area contributed by atoms with Crippen molar-refractivity contribution in [2.24, 2.45) is 0 Å². The molecule has 2 aromatic carbocycles. The van der Waals surface area contributed by atoms with E-state index in [-0.39, 0.29) is 36.0 Å². The third-order valence-electron chi connectivity index (χ3n) is 5.61. The van der Waals surface area contributed by atoms with Crippen LogP contribution in [-0.2, 0) is 21.9 Å². The molecule has 7 heteroatoms. The molecule has 2 amide bonds. The Morgan fingerprint density at radius 3 is 2.23 bits per heavy atom. The van der Waals surface area contributed by atoms with Crippen LogP contribution < -0.4 is 5.32 Å². The third kappa shape index (κ3) is 6.53. The molecule has 1 N–H and O–H groups in total. The van der Waals surface area contributed by atoms with Gasteiger partial charge in [-0.2, -0.15) is 0 Å². The van der Waals surface area contributed by atoms with Gasteiger partial charge in [-0.1, -0.05) is 49.2 Å². The van der Waals surface area contributed by atoms with Crippen molar-refractivity contribution < 1.29 is 18.4 Å². The second-order valence-electron chi connectivity index (χ2n) is 7.86. The molecule has 4 nitrogen and oxygen atoms in total. The van der Waals surface area contributed by atoms with Crippen LogP contribution in [0.15, 0.2) is 48.5 Å². The molecule has 0 aliphatic heterocycles. The Balaban J connectivity index is 1.67. The highest BCUT2D eigenvalue weighted by atomic mass is 32.2. The predicted octanol–water partition coefficient (Wildman–Crippen LogP) is 4.67. The number of nitrogens with one attached hydrogen (secondary N) is 1. The molecule has 0 bridgehead atoms. The molecule has 0 spiro atoms. The van der Waals surface area contributed by atoms with Gasteiger partial charge in [0.25, 0.3) is 0 Å². The molecule has 166 valence electrons. The molecular formula is C24H28F2N2O2S. The maximum absolute atomic E-state index is 14.2. The van der Waals surface area contributed by atoms with E-state index in [0.29, 0.717) is 16.9 Å². The van der Waals surface area contributed by atoms with Crippen LogP contribution in [0.25, 0.3) is 0 Å². The van der Waals surface area contributed by atoms with E-state index in [1.165, 1.54) is 28.8 Å². The first kappa shape index (κ1) is 23.3. The van der Waals surface area contributed by atoms with Crippen LogP contribution in [-0.4, -0.2) is 34.6 Å². The Morgan fingerprint density at radius 1 is 1.03 bits per heavy atom. The van der Waals surface area contributed by atoms with Gasteiger partial charge in [-0.05, 0) is 37.5 Å². The van der Waals surface area contributed by atoms with Gasteiger partial charge in [-0.3, -0.25) is 9.59 Å². The smallest absolute Gasteiger partial charge is 0.242 e. The molecule has 1 saturated carbocycles. The molecule has 0 heterocycles. The number of amides is 2. The first-order valence-electron chi connectivity index (χ1n) is 10.6. The van der Waals surface area contributed by atoms with Crippen LogP contribution in [0.4, 0.5) is 8.78 Å². The summed E-state index contributed by atoms with van der Waals surface area (Å²) >= 11 is 1.28. The fourth-order valence-corrected chi connectivity index (χ4v) is 4.63. The largest absolute Gasteiger partial charge is 0.352 e. The van der Waals surface area contributed by atoms with Crippen molar-refractivity contribution in [2.75, 3.05) is 5.75 Å². The van der Waals surface area contributed by atoms with Gasteiger partial charge in [-0.15, -0.1) is 11.8 Å². The quantitative estimate of drug-likeness (QED) is 0.609. The van der Waals surface area contributed by atoms with Crippen molar-refractivity contribution in [3.8, 4) is 0 Å². The van der Waals surface area contributed by atoms with Crippen LogP contribution in [0.1, 0.15) is 43.7 Å². The number of carbonyl (C=O) groups excluding carboxylic acids is 2. The summed E-state index contributed by atoms with van der Waals surface area (Å²) in [5.41, 5.74) is 0.878. The van der Waals surface area contributed by atoms with E-state index in [1.807, 2.05) is 0 Å². The van der Waals surface area contributed by atoms with Crippen molar-refractivity contribution >= 4 is 23.6 Å². The number of thioether (sulfide) groups is 1. The van der Waals surface area contributed by atoms with Crippen LogP contribution in [0, 0.1) is 11.6 Å². The Morgan fingerprint density at radius 2 is 1.61 bits per heavy atom. The summed E-state index contributed by atoms with van der Waals surface area (Å²) in [5, 5.41) is 3.02. The molecule has 31 heavy (non-hydrogen) atoms. The molecule has 0 radical (unpaired) electrons. The number of carbonyl (C=O) groups is 2. The molecular weight excluding hydrogens is 418 g/mol. The zero-order valence-electron chi connectivity index (χ0n) is 17.7. The fraction of sp³-hybridized carbons (Fsp3) is 0.417. The summed E-state index contributed by atoms with van der Waals surface area (Å²) in [5.74, 6) is -0.814. The number of hydrogen-bond acceptors (Lipinski definition) is 3. The van der Waals surface area contributed by atoms with E-state index in [4.69, 9.17) is 0 Å². The van der Waals surface area contributed by atoms with E-state index in [2.05, 4.69) is 5.32 Å². The summed E-state index contributed by atoms with van der Waals surface area (Å²) in [4.78, 5) is 27.2. The average Bonchev–Trinajstić information content (AvgIpc) is 3.27. The number of benzene rings is 2. The minimum atomic E-state index is -0.734. The number of halogens is 2. The van der Waals surface area contributed by atoms with Gasteiger partial charge < -0.3 is 10.2 Å². The molecule has 0 aromatic heterocycles. The van der Waals surface area contributed by atoms with Crippen molar-refractivity contribution in [1.82, 2.24) is 10.2 Å². The molecule has 1 atom stereocenters. The van der Waals surface area contributed by atoms with Crippen molar-refractivity contribution in [3.63, 3.8) is 0 Å². The molecule has 0 unspecified atom stereocenters. The summed E-state index contributed by atoms with van der Waals surface area (Å²) in [6.07, 6.45) is 4.06. The number of nitrogens with zero attached hydrogens (tertiary/aromatic N) is 1. The lowest BCUT2D eigenvalue weighted by atomic mass is 10.1. The van der Waals surface area contributed by atoms with E-state index in [0.717, 1.165) is 25.7 Å².